The Bertz CT molecular complexity index is 894. The Labute approximate surface area is 163 Å². The highest BCUT2D eigenvalue weighted by molar-refractivity contribution is 7.07. The van der Waals surface area contributed by atoms with Gasteiger partial charge in [0.25, 0.3) is 5.91 Å². The van der Waals surface area contributed by atoms with E-state index >= 15 is 0 Å². The first-order chi connectivity index (χ1) is 13.2. The summed E-state index contributed by atoms with van der Waals surface area (Å²) in [7, 11) is 1.66. The molecule has 3 rings (SSSR count). The fourth-order valence-electron chi connectivity index (χ4n) is 2.71. The number of hydrogen-bond donors (Lipinski definition) is 1. The topological polar surface area (TPSA) is 60.5 Å². The smallest absolute Gasteiger partial charge is 0.251 e. The van der Waals surface area contributed by atoms with E-state index in [9.17, 15) is 4.79 Å². The first-order valence-corrected chi connectivity index (χ1v) is 9.61. The molecule has 0 saturated carbocycles. The molecule has 5 nitrogen and oxygen atoms in total. The fourth-order valence-corrected chi connectivity index (χ4v) is 3.25. The van der Waals surface area contributed by atoms with Crippen LogP contribution in [0, 0.1) is 6.92 Å². The van der Waals surface area contributed by atoms with Gasteiger partial charge in [0, 0.05) is 17.5 Å². The summed E-state index contributed by atoms with van der Waals surface area (Å²) in [6, 6.07) is 13.2. The minimum atomic E-state index is -0.124. The number of thiazole rings is 1. The monoisotopic (exact) mass is 382 g/mol. The van der Waals surface area contributed by atoms with Crippen molar-refractivity contribution in [2.75, 3.05) is 13.7 Å². The van der Waals surface area contributed by atoms with Gasteiger partial charge in [-0.1, -0.05) is 23.8 Å². The van der Waals surface area contributed by atoms with Gasteiger partial charge in [-0.2, -0.15) is 0 Å². The summed E-state index contributed by atoms with van der Waals surface area (Å²) < 4.78 is 11.1. The highest BCUT2D eigenvalue weighted by atomic mass is 32.1. The average Bonchev–Trinajstić information content (AvgIpc) is 3.20. The third kappa shape index (κ3) is 5.31. The van der Waals surface area contributed by atoms with E-state index in [1.165, 1.54) is 16.9 Å². The first kappa shape index (κ1) is 18.9. The number of ether oxygens (including phenoxy) is 2. The quantitative estimate of drug-likeness (QED) is 0.639. The minimum Gasteiger partial charge on any atom is -0.496 e. The van der Waals surface area contributed by atoms with Gasteiger partial charge in [-0.3, -0.25) is 4.79 Å². The van der Waals surface area contributed by atoms with E-state index in [2.05, 4.69) is 16.4 Å². The fraction of sp³-hybridized carbons (Fsp3) is 0.238. The van der Waals surface area contributed by atoms with Crippen LogP contribution in [-0.4, -0.2) is 24.5 Å². The lowest BCUT2D eigenvalue weighted by atomic mass is 10.1. The Balaban J connectivity index is 1.55. The number of rotatable bonds is 8. The minimum absolute atomic E-state index is 0.124. The summed E-state index contributed by atoms with van der Waals surface area (Å²) in [6.07, 6.45) is 0.705. The summed E-state index contributed by atoms with van der Waals surface area (Å²) in [5.74, 6) is 1.36. The van der Waals surface area contributed by atoms with Gasteiger partial charge in [0.1, 0.15) is 18.1 Å². The maximum atomic E-state index is 12.4. The van der Waals surface area contributed by atoms with Crippen molar-refractivity contribution in [2.45, 2.75) is 20.0 Å². The van der Waals surface area contributed by atoms with Crippen LogP contribution >= 0.6 is 11.3 Å². The van der Waals surface area contributed by atoms with Crippen molar-refractivity contribution in [1.29, 1.82) is 0 Å². The Morgan fingerprint density at radius 3 is 2.89 bits per heavy atom. The first-order valence-electron chi connectivity index (χ1n) is 8.67. The molecule has 27 heavy (non-hydrogen) atoms. The van der Waals surface area contributed by atoms with Crippen LogP contribution in [0.4, 0.5) is 0 Å². The van der Waals surface area contributed by atoms with Crippen LogP contribution < -0.4 is 14.8 Å². The molecule has 0 saturated heterocycles. The zero-order chi connectivity index (χ0) is 19.1. The number of carbonyl (C=O) groups is 1. The van der Waals surface area contributed by atoms with Gasteiger partial charge in [0.05, 0.1) is 18.3 Å². The molecule has 0 spiro atoms. The molecule has 140 valence electrons. The van der Waals surface area contributed by atoms with Crippen molar-refractivity contribution in [3.8, 4) is 11.5 Å². The molecule has 0 unspecified atom stereocenters. The number of nitrogens with zero attached hydrogens (tertiary/aromatic N) is 1. The molecular formula is C21H22N2O3S. The number of amides is 1. The lowest BCUT2D eigenvalue weighted by Gasteiger charge is -2.11. The highest BCUT2D eigenvalue weighted by Gasteiger charge is 2.08. The SMILES string of the molecule is COc1ccc(C)cc1CCNC(=O)c1cccc(OCc2cscn2)c1. The Morgan fingerprint density at radius 2 is 2.11 bits per heavy atom. The summed E-state index contributed by atoms with van der Waals surface area (Å²) in [6.45, 7) is 2.96. The van der Waals surface area contributed by atoms with E-state index < -0.39 is 0 Å². The summed E-state index contributed by atoms with van der Waals surface area (Å²) in [5.41, 5.74) is 5.47. The molecule has 0 aliphatic carbocycles. The number of aryl methyl sites for hydroxylation is 1. The van der Waals surface area contributed by atoms with Crippen LogP contribution in [0.2, 0.25) is 0 Å². The number of nitrogens with one attached hydrogen (secondary N) is 1. The normalized spacial score (nSPS) is 10.4. The summed E-state index contributed by atoms with van der Waals surface area (Å²) in [4.78, 5) is 16.6. The molecule has 1 N–H and O–H groups in total. The largest absolute Gasteiger partial charge is 0.496 e. The number of carbonyl (C=O) groups excluding carboxylic acids is 1. The molecule has 0 radical (unpaired) electrons. The van der Waals surface area contributed by atoms with Gasteiger partial charge in [0.2, 0.25) is 0 Å². The van der Waals surface area contributed by atoms with E-state index in [0.717, 1.165) is 17.0 Å². The molecule has 6 heteroatoms. The van der Waals surface area contributed by atoms with Gasteiger partial charge < -0.3 is 14.8 Å². The highest BCUT2D eigenvalue weighted by Crippen LogP contribution is 2.20. The standard InChI is InChI=1S/C21H22N2O3S/c1-15-6-7-20(25-2)16(10-15)8-9-22-21(24)17-4-3-5-19(11-17)26-12-18-13-27-14-23-18/h3-7,10-11,13-14H,8-9,12H2,1-2H3,(H,22,24). The molecular weight excluding hydrogens is 360 g/mol. The second kappa shape index (κ2) is 9.19. The van der Waals surface area contributed by atoms with E-state index in [1.54, 1.807) is 24.8 Å². The van der Waals surface area contributed by atoms with Crippen molar-refractivity contribution in [3.05, 3.63) is 75.7 Å². The van der Waals surface area contributed by atoms with E-state index in [0.29, 0.717) is 30.9 Å². The molecule has 1 amide bonds. The van der Waals surface area contributed by atoms with Gasteiger partial charge in [-0.25, -0.2) is 4.98 Å². The zero-order valence-corrected chi connectivity index (χ0v) is 16.2. The lowest BCUT2D eigenvalue weighted by molar-refractivity contribution is 0.0953. The van der Waals surface area contributed by atoms with E-state index in [-0.39, 0.29) is 5.91 Å². The van der Waals surface area contributed by atoms with E-state index in [4.69, 9.17) is 9.47 Å². The predicted octanol–water partition coefficient (Wildman–Crippen LogP) is 4.01. The summed E-state index contributed by atoms with van der Waals surface area (Å²) in [5, 5.41) is 4.89. The molecule has 2 aromatic carbocycles. The second-order valence-electron chi connectivity index (χ2n) is 6.12. The number of benzene rings is 2. The Hall–Kier alpha value is -2.86. The van der Waals surface area contributed by atoms with Crippen molar-refractivity contribution >= 4 is 17.2 Å². The van der Waals surface area contributed by atoms with Crippen LogP contribution in [0.1, 0.15) is 27.2 Å². The maximum absolute atomic E-state index is 12.4. The van der Waals surface area contributed by atoms with Gasteiger partial charge in [0.15, 0.2) is 0 Å². The van der Waals surface area contributed by atoms with Crippen molar-refractivity contribution in [3.63, 3.8) is 0 Å². The molecule has 1 aromatic heterocycles. The van der Waals surface area contributed by atoms with Crippen molar-refractivity contribution in [1.82, 2.24) is 10.3 Å². The lowest BCUT2D eigenvalue weighted by Crippen LogP contribution is -2.25. The Kier molecular flexibility index (Phi) is 6.44. The third-order valence-corrected chi connectivity index (χ3v) is 4.72. The molecule has 0 fully saturated rings. The molecule has 0 atom stereocenters. The van der Waals surface area contributed by atoms with Crippen LogP contribution in [0.3, 0.4) is 0 Å². The second-order valence-corrected chi connectivity index (χ2v) is 6.84. The van der Waals surface area contributed by atoms with Crippen LogP contribution in [0.15, 0.2) is 53.4 Å². The molecule has 1 heterocycles. The van der Waals surface area contributed by atoms with Gasteiger partial charge in [-0.15, -0.1) is 11.3 Å². The zero-order valence-electron chi connectivity index (χ0n) is 15.4. The molecule has 0 aliphatic rings. The van der Waals surface area contributed by atoms with Gasteiger partial charge >= 0.3 is 0 Å². The van der Waals surface area contributed by atoms with E-state index in [1.807, 2.05) is 36.6 Å². The predicted molar refractivity (Wildman–Crippen MR) is 107 cm³/mol. The third-order valence-electron chi connectivity index (χ3n) is 4.08. The van der Waals surface area contributed by atoms with Crippen molar-refractivity contribution < 1.29 is 14.3 Å². The molecule has 3 aromatic rings. The summed E-state index contributed by atoms with van der Waals surface area (Å²) >= 11 is 1.53. The average molecular weight is 382 g/mol. The number of aromatic nitrogens is 1. The van der Waals surface area contributed by atoms with Crippen molar-refractivity contribution in [2.24, 2.45) is 0 Å². The van der Waals surface area contributed by atoms with Crippen LogP contribution in [0.5, 0.6) is 11.5 Å². The van der Waals surface area contributed by atoms with Crippen LogP contribution in [0.25, 0.3) is 0 Å². The number of methoxy groups -OCH3 is 1. The maximum Gasteiger partial charge on any atom is 0.251 e. The van der Waals surface area contributed by atoms with Crippen LogP contribution in [-0.2, 0) is 13.0 Å². The van der Waals surface area contributed by atoms with Gasteiger partial charge in [-0.05, 0) is 43.2 Å². The molecule has 0 aliphatic heterocycles. The number of hydrogen-bond acceptors (Lipinski definition) is 5. The molecule has 0 bridgehead atoms. The Morgan fingerprint density at radius 1 is 1.22 bits per heavy atom.